The molecule has 0 bridgehead atoms. The number of carbonyl (C=O) groups is 2. The summed E-state index contributed by atoms with van der Waals surface area (Å²) in [4.78, 5) is 21.1. The molecule has 0 heterocycles. The summed E-state index contributed by atoms with van der Waals surface area (Å²) in [5.41, 5.74) is 0. The molecule has 0 atom stereocenters. The second kappa shape index (κ2) is 7.09. The maximum atomic E-state index is 10.6. The van der Waals surface area contributed by atoms with Gasteiger partial charge in [-0.15, -0.1) is 0 Å². The van der Waals surface area contributed by atoms with E-state index in [9.17, 15) is 9.59 Å². The Morgan fingerprint density at radius 2 is 1.85 bits per heavy atom. The highest BCUT2D eigenvalue weighted by Crippen LogP contribution is 1.87. The maximum Gasteiger partial charge on any atom is 0.330 e. The van der Waals surface area contributed by atoms with Crippen LogP contribution in [-0.4, -0.2) is 26.2 Å². The molecule has 0 unspecified atom stereocenters. The van der Waals surface area contributed by atoms with Crippen molar-refractivity contribution < 1.29 is 19.1 Å². The SMILES string of the molecule is COC(=O)/C=C/C=C/CC(=O)OC. The number of methoxy groups -OCH3 is 2. The van der Waals surface area contributed by atoms with Crippen LogP contribution in [0.1, 0.15) is 6.42 Å². The highest BCUT2D eigenvalue weighted by Gasteiger charge is 1.92. The molecule has 0 N–H and O–H groups in total. The molecule has 0 aromatic heterocycles. The van der Waals surface area contributed by atoms with Crippen LogP contribution in [0.4, 0.5) is 0 Å². The summed E-state index contributed by atoms with van der Waals surface area (Å²) in [7, 11) is 2.62. The Kier molecular flexibility index (Phi) is 6.23. The Morgan fingerprint density at radius 3 is 2.38 bits per heavy atom. The van der Waals surface area contributed by atoms with Crippen molar-refractivity contribution in [1.29, 1.82) is 0 Å². The largest absolute Gasteiger partial charge is 0.469 e. The van der Waals surface area contributed by atoms with Gasteiger partial charge in [0, 0.05) is 6.08 Å². The average molecular weight is 184 g/mol. The summed E-state index contributed by atoms with van der Waals surface area (Å²) in [6.07, 6.45) is 6.11. The zero-order chi connectivity index (χ0) is 10.1. The lowest BCUT2D eigenvalue weighted by Gasteiger charge is -1.90. The lowest BCUT2D eigenvalue weighted by molar-refractivity contribution is -0.139. The number of esters is 2. The summed E-state index contributed by atoms with van der Waals surface area (Å²) in [6, 6.07) is 0. The minimum Gasteiger partial charge on any atom is -0.469 e. The van der Waals surface area contributed by atoms with Gasteiger partial charge in [-0.2, -0.15) is 0 Å². The van der Waals surface area contributed by atoms with E-state index in [4.69, 9.17) is 0 Å². The molecule has 0 aliphatic rings. The molecule has 0 aromatic rings. The van der Waals surface area contributed by atoms with Crippen LogP contribution in [-0.2, 0) is 19.1 Å². The van der Waals surface area contributed by atoms with E-state index in [2.05, 4.69) is 9.47 Å². The van der Waals surface area contributed by atoms with E-state index in [1.165, 1.54) is 26.4 Å². The van der Waals surface area contributed by atoms with E-state index in [1.807, 2.05) is 0 Å². The molecule has 0 aromatic carbocycles. The van der Waals surface area contributed by atoms with Crippen molar-refractivity contribution in [2.45, 2.75) is 6.42 Å². The van der Waals surface area contributed by atoms with Crippen LogP contribution in [0.2, 0.25) is 0 Å². The molecule has 0 radical (unpaired) electrons. The Bertz CT molecular complexity index is 228. The quantitative estimate of drug-likeness (QED) is 0.369. The van der Waals surface area contributed by atoms with Gasteiger partial charge >= 0.3 is 11.9 Å². The molecule has 0 spiro atoms. The van der Waals surface area contributed by atoms with E-state index in [0.29, 0.717) is 0 Å². The second-order valence-electron chi connectivity index (χ2n) is 2.09. The van der Waals surface area contributed by atoms with Crippen LogP contribution >= 0.6 is 0 Å². The maximum absolute atomic E-state index is 10.6. The van der Waals surface area contributed by atoms with Crippen molar-refractivity contribution >= 4 is 11.9 Å². The van der Waals surface area contributed by atoms with E-state index >= 15 is 0 Å². The summed E-state index contributed by atoms with van der Waals surface area (Å²) < 4.78 is 8.74. The molecule has 0 rings (SSSR count). The molecule has 0 saturated carbocycles. The first-order chi connectivity index (χ1) is 6.20. The summed E-state index contributed by atoms with van der Waals surface area (Å²) in [6.45, 7) is 0. The topological polar surface area (TPSA) is 52.6 Å². The number of hydrogen-bond donors (Lipinski definition) is 0. The minimum atomic E-state index is -0.428. The van der Waals surface area contributed by atoms with Crippen molar-refractivity contribution in [3.63, 3.8) is 0 Å². The number of carbonyl (C=O) groups excluding carboxylic acids is 2. The van der Waals surface area contributed by atoms with Gasteiger partial charge in [0.25, 0.3) is 0 Å². The van der Waals surface area contributed by atoms with Crippen LogP contribution in [0.15, 0.2) is 24.3 Å². The van der Waals surface area contributed by atoms with Gasteiger partial charge < -0.3 is 9.47 Å². The van der Waals surface area contributed by atoms with Gasteiger partial charge in [0.05, 0.1) is 20.6 Å². The van der Waals surface area contributed by atoms with Gasteiger partial charge in [0.2, 0.25) is 0 Å². The first-order valence-electron chi connectivity index (χ1n) is 3.68. The lowest BCUT2D eigenvalue weighted by Crippen LogP contribution is -1.96. The van der Waals surface area contributed by atoms with Crippen molar-refractivity contribution in [1.82, 2.24) is 0 Å². The monoisotopic (exact) mass is 184 g/mol. The molecule has 0 saturated heterocycles. The van der Waals surface area contributed by atoms with Crippen LogP contribution in [0, 0.1) is 0 Å². The van der Waals surface area contributed by atoms with Crippen LogP contribution in [0.3, 0.4) is 0 Å². The molecule has 0 fully saturated rings. The fourth-order valence-corrected chi connectivity index (χ4v) is 0.528. The molecular formula is C9H12O4. The number of rotatable bonds is 4. The minimum absolute atomic E-state index is 0.196. The van der Waals surface area contributed by atoms with E-state index in [0.717, 1.165) is 0 Å². The van der Waals surface area contributed by atoms with Gasteiger partial charge in [-0.25, -0.2) is 4.79 Å². The van der Waals surface area contributed by atoms with Crippen LogP contribution in [0.25, 0.3) is 0 Å². The summed E-state index contributed by atoms with van der Waals surface area (Å²) in [5.74, 6) is -0.745. The summed E-state index contributed by atoms with van der Waals surface area (Å²) in [5, 5.41) is 0. The Labute approximate surface area is 76.8 Å². The smallest absolute Gasteiger partial charge is 0.330 e. The molecule has 4 heteroatoms. The van der Waals surface area contributed by atoms with Crippen molar-refractivity contribution in [2.24, 2.45) is 0 Å². The highest BCUT2D eigenvalue weighted by molar-refractivity contribution is 5.82. The van der Waals surface area contributed by atoms with Gasteiger partial charge in [-0.1, -0.05) is 18.2 Å². The highest BCUT2D eigenvalue weighted by atomic mass is 16.5. The molecule has 72 valence electrons. The zero-order valence-corrected chi connectivity index (χ0v) is 7.65. The molecule has 0 aliphatic heterocycles. The Balaban J connectivity index is 3.69. The number of ether oxygens (including phenoxy) is 2. The van der Waals surface area contributed by atoms with Crippen molar-refractivity contribution in [3.8, 4) is 0 Å². The van der Waals surface area contributed by atoms with Crippen molar-refractivity contribution in [3.05, 3.63) is 24.3 Å². The predicted molar refractivity (Wildman–Crippen MR) is 46.9 cm³/mol. The predicted octanol–water partition coefficient (Wildman–Crippen LogP) is 0.835. The zero-order valence-electron chi connectivity index (χ0n) is 7.65. The fourth-order valence-electron chi connectivity index (χ4n) is 0.528. The Morgan fingerprint density at radius 1 is 1.15 bits per heavy atom. The van der Waals surface area contributed by atoms with Gasteiger partial charge in [0.1, 0.15) is 0 Å². The third kappa shape index (κ3) is 6.80. The lowest BCUT2D eigenvalue weighted by atomic mass is 10.3. The first kappa shape index (κ1) is 11.4. The van der Waals surface area contributed by atoms with Crippen LogP contribution in [0.5, 0.6) is 0 Å². The normalized spacial score (nSPS) is 10.6. The standard InChI is InChI=1S/C9H12O4/c1-12-8(10)6-4-3-5-7-9(11)13-2/h3-6H,7H2,1-2H3/b5-3+,6-4+. The van der Waals surface area contributed by atoms with E-state index in [1.54, 1.807) is 12.2 Å². The number of hydrogen-bond acceptors (Lipinski definition) is 4. The summed E-state index contributed by atoms with van der Waals surface area (Å²) >= 11 is 0. The van der Waals surface area contributed by atoms with Gasteiger partial charge in [-0.3, -0.25) is 4.79 Å². The molecule has 4 nitrogen and oxygen atoms in total. The average Bonchev–Trinajstić information content (AvgIpc) is 2.16. The van der Waals surface area contributed by atoms with Gasteiger partial charge in [-0.05, 0) is 0 Å². The van der Waals surface area contributed by atoms with Gasteiger partial charge in [0.15, 0.2) is 0 Å². The Hall–Kier alpha value is -1.58. The molecular weight excluding hydrogens is 172 g/mol. The van der Waals surface area contributed by atoms with Crippen molar-refractivity contribution in [2.75, 3.05) is 14.2 Å². The number of allylic oxidation sites excluding steroid dienone is 2. The molecule has 0 aliphatic carbocycles. The second-order valence-corrected chi connectivity index (χ2v) is 2.09. The third-order valence-electron chi connectivity index (χ3n) is 1.19. The van der Waals surface area contributed by atoms with E-state index in [-0.39, 0.29) is 12.4 Å². The third-order valence-corrected chi connectivity index (χ3v) is 1.19. The molecule has 0 amide bonds. The fraction of sp³-hybridized carbons (Fsp3) is 0.333. The first-order valence-corrected chi connectivity index (χ1v) is 3.68. The van der Waals surface area contributed by atoms with E-state index < -0.39 is 5.97 Å². The molecule has 13 heavy (non-hydrogen) atoms. The van der Waals surface area contributed by atoms with Crippen LogP contribution < -0.4 is 0 Å².